The van der Waals surface area contributed by atoms with Gasteiger partial charge in [-0.15, -0.1) is 0 Å². The second-order valence-corrected chi connectivity index (χ2v) is 3.61. The first-order valence-electron chi connectivity index (χ1n) is 4.84. The van der Waals surface area contributed by atoms with Gasteiger partial charge in [-0.2, -0.15) is 4.98 Å². The van der Waals surface area contributed by atoms with E-state index in [2.05, 4.69) is 20.2 Å². The summed E-state index contributed by atoms with van der Waals surface area (Å²) in [6.45, 7) is 3.15. The van der Waals surface area contributed by atoms with Crippen molar-refractivity contribution in [3.63, 3.8) is 0 Å². The maximum Gasteiger partial charge on any atom is 0.225 e. The summed E-state index contributed by atoms with van der Waals surface area (Å²) in [6, 6.07) is 1.77. The second-order valence-electron chi connectivity index (χ2n) is 3.22. The molecule has 0 aliphatic carbocycles. The molecule has 0 saturated carbocycles. The summed E-state index contributed by atoms with van der Waals surface area (Å²) in [5, 5.41) is 3.34. The molecule has 0 radical (unpaired) electrons. The summed E-state index contributed by atoms with van der Waals surface area (Å²) in [5.74, 6) is 1.40. The minimum atomic E-state index is 0.454. The fourth-order valence-electron chi connectivity index (χ4n) is 1.47. The van der Waals surface area contributed by atoms with Gasteiger partial charge in [-0.3, -0.25) is 0 Å². The van der Waals surface area contributed by atoms with E-state index in [0.29, 0.717) is 11.1 Å². The van der Waals surface area contributed by atoms with Crippen LogP contribution in [0.3, 0.4) is 0 Å². The summed E-state index contributed by atoms with van der Waals surface area (Å²) in [5.41, 5.74) is 0. The van der Waals surface area contributed by atoms with E-state index in [-0.39, 0.29) is 0 Å². The molecular weight excluding hydrogens is 216 g/mol. The van der Waals surface area contributed by atoms with Gasteiger partial charge in [0, 0.05) is 26.2 Å². The van der Waals surface area contributed by atoms with E-state index in [1.807, 2.05) is 0 Å². The van der Waals surface area contributed by atoms with E-state index in [1.54, 1.807) is 13.1 Å². The minimum Gasteiger partial charge on any atom is -0.378 e. The summed E-state index contributed by atoms with van der Waals surface area (Å²) in [7, 11) is 1.77. The molecule has 0 amide bonds. The zero-order valence-electron chi connectivity index (χ0n) is 8.53. The Morgan fingerprint density at radius 1 is 1.40 bits per heavy atom. The van der Waals surface area contributed by atoms with Crippen LogP contribution in [-0.2, 0) is 4.74 Å². The lowest BCUT2D eigenvalue weighted by Gasteiger charge is -2.27. The Morgan fingerprint density at radius 3 is 2.80 bits per heavy atom. The van der Waals surface area contributed by atoms with Crippen molar-refractivity contribution in [3.8, 4) is 0 Å². The third kappa shape index (κ3) is 2.49. The SMILES string of the molecule is CNc1nc(Cl)cc(N2CCOCC2)n1. The zero-order valence-corrected chi connectivity index (χ0v) is 9.29. The van der Waals surface area contributed by atoms with Crippen LogP contribution in [-0.4, -0.2) is 43.3 Å². The molecule has 0 spiro atoms. The first kappa shape index (κ1) is 10.4. The molecule has 1 N–H and O–H groups in total. The van der Waals surface area contributed by atoms with Gasteiger partial charge < -0.3 is 15.0 Å². The predicted octanol–water partition coefficient (Wildman–Crippen LogP) is 1.01. The van der Waals surface area contributed by atoms with Crippen LogP contribution in [0.15, 0.2) is 6.07 Å². The molecule has 1 fully saturated rings. The average molecular weight is 229 g/mol. The van der Waals surface area contributed by atoms with Crippen LogP contribution >= 0.6 is 11.6 Å². The zero-order chi connectivity index (χ0) is 10.7. The highest BCUT2D eigenvalue weighted by Crippen LogP contribution is 2.18. The molecule has 2 rings (SSSR count). The van der Waals surface area contributed by atoms with Crippen LogP contribution in [0, 0.1) is 0 Å². The van der Waals surface area contributed by atoms with Gasteiger partial charge in [0.1, 0.15) is 11.0 Å². The van der Waals surface area contributed by atoms with Crippen LogP contribution in [0.2, 0.25) is 5.15 Å². The molecule has 5 nitrogen and oxygen atoms in total. The van der Waals surface area contributed by atoms with Crippen molar-refractivity contribution < 1.29 is 4.74 Å². The molecule has 0 bridgehead atoms. The molecule has 6 heteroatoms. The Kier molecular flexibility index (Phi) is 3.23. The Labute approximate surface area is 93.4 Å². The van der Waals surface area contributed by atoms with Gasteiger partial charge in [-0.25, -0.2) is 4.98 Å². The Balaban J connectivity index is 2.22. The van der Waals surface area contributed by atoms with Crippen LogP contribution in [0.5, 0.6) is 0 Å². The summed E-state index contributed by atoms with van der Waals surface area (Å²) in [4.78, 5) is 10.5. The lowest BCUT2D eigenvalue weighted by Crippen LogP contribution is -2.36. The van der Waals surface area contributed by atoms with Crippen molar-refractivity contribution in [3.05, 3.63) is 11.2 Å². The third-order valence-electron chi connectivity index (χ3n) is 2.24. The fourth-order valence-corrected chi connectivity index (χ4v) is 1.65. The van der Waals surface area contributed by atoms with Crippen LogP contribution in [0.1, 0.15) is 0 Å². The number of hydrogen-bond acceptors (Lipinski definition) is 5. The number of rotatable bonds is 2. The first-order valence-corrected chi connectivity index (χ1v) is 5.22. The van der Waals surface area contributed by atoms with E-state index in [9.17, 15) is 0 Å². The van der Waals surface area contributed by atoms with Gasteiger partial charge >= 0.3 is 0 Å². The second kappa shape index (κ2) is 4.63. The predicted molar refractivity (Wildman–Crippen MR) is 59.6 cm³/mol. The highest BCUT2D eigenvalue weighted by molar-refractivity contribution is 6.29. The van der Waals surface area contributed by atoms with Crippen molar-refractivity contribution in [1.82, 2.24) is 9.97 Å². The molecule has 1 aliphatic heterocycles. The molecule has 15 heavy (non-hydrogen) atoms. The Hall–Kier alpha value is -1.07. The summed E-state index contributed by atoms with van der Waals surface area (Å²) < 4.78 is 5.27. The van der Waals surface area contributed by atoms with Crippen LogP contribution in [0.25, 0.3) is 0 Å². The monoisotopic (exact) mass is 228 g/mol. The summed E-state index contributed by atoms with van der Waals surface area (Å²) >= 11 is 5.90. The number of ether oxygens (including phenoxy) is 1. The lowest BCUT2D eigenvalue weighted by molar-refractivity contribution is 0.122. The molecule has 0 unspecified atom stereocenters. The highest BCUT2D eigenvalue weighted by atomic mass is 35.5. The number of halogens is 1. The normalized spacial score (nSPS) is 16.5. The van der Waals surface area contributed by atoms with Gasteiger partial charge in [-0.05, 0) is 0 Å². The van der Waals surface area contributed by atoms with E-state index < -0.39 is 0 Å². The minimum absolute atomic E-state index is 0.454. The quantitative estimate of drug-likeness (QED) is 0.766. The molecule has 0 atom stereocenters. The molecule has 1 aliphatic rings. The number of aromatic nitrogens is 2. The van der Waals surface area contributed by atoms with Crippen molar-refractivity contribution in [2.45, 2.75) is 0 Å². The molecule has 1 aromatic heterocycles. The topological polar surface area (TPSA) is 50.3 Å². The van der Waals surface area contributed by atoms with Crippen LogP contribution < -0.4 is 10.2 Å². The van der Waals surface area contributed by atoms with E-state index >= 15 is 0 Å². The molecule has 82 valence electrons. The number of anilines is 2. The smallest absolute Gasteiger partial charge is 0.225 e. The van der Waals surface area contributed by atoms with Crippen LogP contribution in [0.4, 0.5) is 11.8 Å². The van der Waals surface area contributed by atoms with E-state index in [1.165, 1.54) is 0 Å². The Bertz CT molecular complexity index is 341. The van der Waals surface area contributed by atoms with Crippen molar-refractivity contribution >= 4 is 23.4 Å². The first-order chi connectivity index (χ1) is 7.29. The fraction of sp³-hybridized carbons (Fsp3) is 0.556. The van der Waals surface area contributed by atoms with Gasteiger partial charge in [-0.1, -0.05) is 11.6 Å². The maximum absolute atomic E-state index is 5.90. The molecule has 1 saturated heterocycles. The standard InChI is InChI=1S/C9H13ClN4O/c1-11-9-12-7(10)6-8(13-9)14-2-4-15-5-3-14/h6H,2-5H2,1H3,(H,11,12,13). The Morgan fingerprint density at radius 2 is 2.13 bits per heavy atom. The molecule has 0 aromatic carbocycles. The highest BCUT2D eigenvalue weighted by Gasteiger charge is 2.13. The molecule has 2 heterocycles. The molecular formula is C9H13ClN4O. The maximum atomic E-state index is 5.90. The van der Waals surface area contributed by atoms with Crippen molar-refractivity contribution in [2.24, 2.45) is 0 Å². The number of nitrogens with one attached hydrogen (secondary N) is 1. The van der Waals surface area contributed by atoms with Gasteiger partial charge in [0.15, 0.2) is 0 Å². The largest absolute Gasteiger partial charge is 0.378 e. The lowest BCUT2D eigenvalue weighted by atomic mass is 10.4. The van der Waals surface area contributed by atoms with Crippen molar-refractivity contribution in [2.75, 3.05) is 43.6 Å². The van der Waals surface area contributed by atoms with Crippen molar-refractivity contribution in [1.29, 1.82) is 0 Å². The van der Waals surface area contributed by atoms with Gasteiger partial charge in [0.2, 0.25) is 5.95 Å². The van der Waals surface area contributed by atoms with E-state index in [4.69, 9.17) is 16.3 Å². The average Bonchev–Trinajstić information content (AvgIpc) is 2.29. The van der Waals surface area contributed by atoms with E-state index in [0.717, 1.165) is 32.1 Å². The molecule has 1 aromatic rings. The summed E-state index contributed by atoms with van der Waals surface area (Å²) in [6.07, 6.45) is 0. The van der Waals surface area contributed by atoms with Gasteiger partial charge in [0.05, 0.1) is 13.2 Å². The van der Waals surface area contributed by atoms with Gasteiger partial charge in [0.25, 0.3) is 0 Å². The number of hydrogen-bond donors (Lipinski definition) is 1. The number of nitrogens with zero attached hydrogens (tertiary/aromatic N) is 3. The number of morpholine rings is 1. The third-order valence-corrected chi connectivity index (χ3v) is 2.43.